The van der Waals surface area contributed by atoms with E-state index in [1.165, 1.54) is 22.3 Å². The molecule has 0 aromatic heterocycles. The van der Waals surface area contributed by atoms with Crippen molar-refractivity contribution in [3.8, 4) is 0 Å². The molecule has 1 aromatic carbocycles. The number of rotatable bonds is 1. The number of hydrogen-bond donors (Lipinski definition) is 1. The van der Waals surface area contributed by atoms with Crippen LogP contribution >= 0.6 is 12.9 Å². The quantitative estimate of drug-likeness (QED) is 0.440. The van der Waals surface area contributed by atoms with E-state index in [-0.39, 0.29) is 6.47 Å². The summed E-state index contributed by atoms with van der Waals surface area (Å²) in [6.07, 6.45) is 0. The van der Waals surface area contributed by atoms with E-state index in [1.54, 1.807) is 0 Å². The fraction of sp³-hybridized carbons (Fsp3) is 0.364. The minimum Gasteiger partial charge on any atom is -0.397 e. The molecule has 1 aromatic rings. The van der Waals surface area contributed by atoms with Crippen molar-refractivity contribution in [2.24, 2.45) is 0 Å². The van der Waals surface area contributed by atoms with Crippen LogP contribution in [-0.4, -0.2) is 6.47 Å². The van der Waals surface area contributed by atoms with Gasteiger partial charge >= 0.3 is 6.47 Å². The Morgan fingerprint density at radius 2 is 1.50 bits per heavy atom. The van der Waals surface area contributed by atoms with Crippen molar-refractivity contribution in [2.45, 2.75) is 27.7 Å². The van der Waals surface area contributed by atoms with Gasteiger partial charge in [0.1, 0.15) is 0 Å². The SMILES string of the molecule is Cc1cc(C)c(C)c(C)c1.O=COS. The van der Waals surface area contributed by atoms with Crippen LogP contribution in [0.4, 0.5) is 0 Å². The fourth-order valence-corrected chi connectivity index (χ4v) is 1.25. The van der Waals surface area contributed by atoms with Gasteiger partial charge in [-0.2, -0.15) is 0 Å². The summed E-state index contributed by atoms with van der Waals surface area (Å²) >= 11 is 3.05. The number of carbonyl (C=O) groups is 1. The van der Waals surface area contributed by atoms with Crippen LogP contribution in [0, 0.1) is 27.7 Å². The third kappa shape index (κ3) is 4.33. The van der Waals surface area contributed by atoms with E-state index in [0.717, 1.165) is 0 Å². The van der Waals surface area contributed by atoms with Gasteiger partial charge in [0.25, 0.3) is 0 Å². The van der Waals surface area contributed by atoms with Gasteiger partial charge in [-0.15, -0.1) is 0 Å². The van der Waals surface area contributed by atoms with Crippen LogP contribution in [0.3, 0.4) is 0 Å². The van der Waals surface area contributed by atoms with Crippen LogP contribution in [0.25, 0.3) is 0 Å². The number of aryl methyl sites for hydroxylation is 3. The van der Waals surface area contributed by atoms with Gasteiger partial charge in [-0.25, -0.2) is 0 Å². The van der Waals surface area contributed by atoms with Crippen molar-refractivity contribution in [3.05, 3.63) is 34.4 Å². The molecule has 0 N–H and O–H groups in total. The average Bonchev–Trinajstić information content (AvgIpc) is 2.14. The van der Waals surface area contributed by atoms with Crippen molar-refractivity contribution in [2.75, 3.05) is 0 Å². The molecule has 0 unspecified atom stereocenters. The van der Waals surface area contributed by atoms with Gasteiger partial charge in [0.15, 0.2) is 0 Å². The third-order valence-corrected chi connectivity index (χ3v) is 2.20. The summed E-state index contributed by atoms with van der Waals surface area (Å²) < 4.78 is 3.56. The highest BCUT2D eigenvalue weighted by atomic mass is 32.1. The molecule has 0 saturated heterocycles. The van der Waals surface area contributed by atoms with Gasteiger partial charge in [0, 0.05) is 12.9 Å². The second-order valence-corrected chi connectivity index (χ2v) is 3.44. The van der Waals surface area contributed by atoms with E-state index in [9.17, 15) is 0 Å². The van der Waals surface area contributed by atoms with Gasteiger partial charge in [0.2, 0.25) is 0 Å². The lowest BCUT2D eigenvalue weighted by Gasteiger charge is -2.04. The molecule has 0 atom stereocenters. The zero-order chi connectivity index (χ0) is 11.1. The first-order chi connectivity index (χ1) is 6.52. The van der Waals surface area contributed by atoms with Crippen LogP contribution in [0.1, 0.15) is 22.3 Å². The Labute approximate surface area is 90.9 Å². The molecule has 0 bridgehead atoms. The molecule has 0 aliphatic carbocycles. The Kier molecular flexibility index (Phi) is 6.04. The number of benzene rings is 1. The summed E-state index contributed by atoms with van der Waals surface area (Å²) in [6, 6.07) is 4.45. The maximum absolute atomic E-state index is 8.88. The molecule has 0 aliphatic rings. The standard InChI is InChI=1S/C10H14.CH2O2S/c1-7-5-8(2)10(4)9(3)6-7;2-1-3-4/h5-6H,1-4H3;1,4H. The highest BCUT2D eigenvalue weighted by Crippen LogP contribution is 2.13. The first-order valence-corrected chi connectivity index (χ1v) is 4.67. The molecule has 2 nitrogen and oxygen atoms in total. The van der Waals surface area contributed by atoms with E-state index < -0.39 is 0 Å². The van der Waals surface area contributed by atoms with E-state index in [2.05, 4.69) is 56.9 Å². The Hall–Kier alpha value is -0.960. The summed E-state index contributed by atoms with van der Waals surface area (Å²) in [4.78, 5) is 8.88. The van der Waals surface area contributed by atoms with Crippen molar-refractivity contribution in [1.82, 2.24) is 0 Å². The lowest BCUT2D eigenvalue weighted by atomic mass is 10.0. The maximum Gasteiger partial charge on any atom is 0.304 e. The van der Waals surface area contributed by atoms with Crippen LogP contribution in [0.15, 0.2) is 12.1 Å². The first-order valence-electron chi connectivity index (χ1n) is 4.31. The van der Waals surface area contributed by atoms with Gasteiger partial charge < -0.3 is 4.18 Å². The zero-order valence-corrected chi connectivity index (χ0v) is 9.89. The topological polar surface area (TPSA) is 26.3 Å². The summed E-state index contributed by atoms with van der Waals surface area (Å²) in [5.41, 5.74) is 5.58. The minimum atomic E-state index is 0.239. The predicted molar refractivity (Wildman–Crippen MR) is 61.5 cm³/mol. The highest BCUT2D eigenvalue weighted by Gasteiger charge is 1.95. The molecule has 0 amide bonds. The Balaban J connectivity index is 0.000000364. The van der Waals surface area contributed by atoms with Crippen LogP contribution < -0.4 is 0 Å². The molecule has 0 radical (unpaired) electrons. The maximum atomic E-state index is 8.88. The lowest BCUT2D eigenvalue weighted by Crippen LogP contribution is -1.86. The van der Waals surface area contributed by atoms with E-state index in [4.69, 9.17) is 4.79 Å². The summed E-state index contributed by atoms with van der Waals surface area (Å²) in [5.74, 6) is 0. The number of carbonyl (C=O) groups excluding carboxylic acids is 1. The highest BCUT2D eigenvalue weighted by molar-refractivity contribution is 7.75. The zero-order valence-electron chi connectivity index (χ0n) is 9.00. The van der Waals surface area contributed by atoms with Gasteiger partial charge in [0.05, 0.1) is 0 Å². The van der Waals surface area contributed by atoms with Crippen LogP contribution in [0.5, 0.6) is 0 Å². The molecular formula is C11H16O2S. The molecule has 1 rings (SSSR count). The molecule has 14 heavy (non-hydrogen) atoms. The number of thiol groups is 1. The Morgan fingerprint density at radius 3 is 1.79 bits per heavy atom. The molecule has 78 valence electrons. The molecule has 0 aliphatic heterocycles. The lowest BCUT2D eigenvalue weighted by molar-refractivity contribution is -0.119. The van der Waals surface area contributed by atoms with Crippen molar-refractivity contribution < 1.29 is 8.98 Å². The van der Waals surface area contributed by atoms with E-state index in [0.29, 0.717) is 0 Å². The minimum absolute atomic E-state index is 0.239. The van der Waals surface area contributed by atoms with Crippen molar-refractivity contribution in [1.29, 1.82) is 0 Å². The largest absolute Gasteiger partial charge is 0.397 e. The smallest absolute Gasteiger partial charge is 0.304 e. The molecule has 0 fully saturated rings. The second-order valence-electron chi connectivity index (χ2n) is 3.23. The van der Waals surface area contributed by atoms with Crippen molar-refractivity contribution >= 4 is 19.4 Å². The summed E-state index contributed by atoms with van der Waals surface area (Å²) in [5, 5.41) is 0. The van der Waals surface area contributed by atoms with E-state index >= 15 is 0 Å². The average molecular weight is 212 g/mol. The molecule has 0 spiro atoms. The Bertz CT molecular complexity index is 285. The van der Waals surface area contributed by atoms with Gasteiger partial charge in [-0.1, -0.05) is 17.7 Å². The monoisotopic (exact) mass is 212 g/mol. The molecule has 3 heteroatoms. The van der Waals surface area contributed by atoms with E-state index in [1.807, 2.05) is 0 Å². The number of hydrogen-bond acceptors (Lipinski definition) is 3. The first kappa shape index (κ1) is 13.0. The fourth-order valence-electron chi connectivity index (χ4n) is 1.25. The van der Waals surface area contributed by atoms with Gasteiger partial charge in [-0.3, -0.25) is 4.79 Å². The molecule has 0 saturated carbocycles. The normalized spacial score (nSPS) is 8.64. The molecule has 0 heterocycles. The van der Waals surface area contributed by atoms with Crippen LogP contribution in [0.2, 0.25) is 0 Å². The van der Waals surface area contributed by atoms with Crippen LogP contribution in [-0.2, 0) is 8.98 Å². The second kappa shape index (κ2) is 6.49. The third-order valence-electron chi connectivity index (χ3n) is 2.11. The van der Waals surface area contributed by atoms with Gasteiger partial charge in [-0.05, 0) is 44.4 Å². The van der Waals surface area contributed by atoms with Crippen molar-refractivity contribution in [3.63, 3.8) is 0 Å². The Morgan fingerprint density at radius 1 is 1.14 bits per heavy atom. The molecular weight excluding hydrogens is 196 g/mol. The summed E-state index contributed by atoms with van der Waals surface area (Å²) in [7, 11) is 0. The summed E-state index contributed by atoms with van der Waals surface area (Å²) in [6.45, 7) is 8.87. The predicted octanol–water partition coefficient (Wildman–Crippen LogP) is 2.92.